The van der Waals surface area contributed by atoms with Crippen LogP contribution in [0, 0.1) is 0 Å². The number of hydrogen-bond donors (Lipinski definition) is 2. The van der Waals surface area contributed by atoms with E-state index in [0.29, 0.717) is 23.6 Å². The van der Waals surface area contributed by atoms with Crippen molar-refractivity contribution in [2.75, 3.05) is 11.9 Å². The standard InChI is InChI=1S/C29H34N6O/c1-7-15-34-27(36)21-18-30-25(32-20-11-12-22-19(16-20)13-14-31-29(22,5)6)17-23(21)35(34)26-10-8-9-24(33-26)28(2,3)4/h7-12,16-18,31H,1,13-15H2,2-6H3,(H,30,32). The van der Waals surface area contributed by atoms with Crippen molar-refractivity contribution in [3.05, 3.63) is 88.5 Å². The number of nitrogens with zero attached hydrogens (tertiary/aromatic N) is 4. The molecule has 36 heavy (non-hydrogen) atoms. The molecule has 0 aliphatic carbocycles. The zero-order chi connectivity index (χ0) is 25.7. The lowest BCUT2D eigenvalue weighted by atomic mass is 9.85. The van der Waals surface area contributed by atoms with Gasteiger partial charge in [0.1, 0.15) is 5.82 Å². The quantitative estimate of drug-likeness (QED) is 0.383. The number of pyridine rings is 2. The van der Waals surface area contributed by atoms with Crippen LogP contribution in [-0.4, -0.2) is 25.9 Å². The molecular formula is C29H34N6O. The highest BCUT2D eigenvalue weighted by atomic mass is 16.1. The highest BCUT2D eigenvalue weighted by molar-refractivity contribution is 5.82. The fourth-order valence-electron chi connectivity index (χ4n) is 4.95. The maximum Gasteiger partial charge on any atom is 0.276 e. The molecule has 7 nitrogen and oxygen atoms in total. The second-order valence-corrected chi connectivity index (χ2v) is 11.0. The maximum absolute atomic E-state index is 13.3. The predicted octanol–water partition coefficient (Wildman–Crippen LogP) is 5.19. The Hall–Kier alpha value is -3.71. The number of benzene rings is 1. The predicted molar refractivity (Wildman–Crippen MR) is 146 cm³/mol. The van der Waals surface area contributed by atoms with Gasteiger partial charge in [-0.3, -0.25) is 4.79 Å². The summed E-state index contributed by atoms with van der Waals surface area (Å²) in [5.41, 5.74) is 5.07. The highest BCUT2D eigenvalue weighted by Gasteiger charge is 2.26. The molecule has 1 aliphatic heterocycles. The van der Waals surface area contributed by atoms with Crippen LogP contribution in [0.15, 0.2) is 66.1 Å². The monoisotopic (exact) mass is 482 g/mol. The fraction of sp³-hybridized carbons (Fsp3) is 0.345. The Morgan fingerprint density at radius 3 is 2.75 bits per heavy atom. The summed E-state index contributed by atoms with van der Waals surface area (Å²) < 4.78 is 3.54. The van der Waals surface area contributed by atoms with Crippen LogP contribution >= 0.6 is 0 Å². The number of hydrogen-bond acceptors (Lipinski definition) is 5. The van der Waals surface area contributed by atoms with E-state index < -0.39 is 0 Å². The molecule has 0 amide bonds. The first-order valence-corrected chi connectivity index (χ1v) is 12.4. The molecule has 0 radical (unpaired) electrons. The van der Waals surface area contributed by atoms with E-state index >= 15 is 0 Å². The Morgan fingerprint density at radius 2 is 2.00 bits per heavy atom. The summed E-state index contributed by atoms with van der Waals surface area (Å²) >= 11 is 0. The van der Waals surface area contributed by atoms with E-state index in [1.54, 1.807) is 17.0 Å². The molecule has 186 valence electrons. The lowest BCUT2D eigenvalue weighted by Gasteiger charge is -2.34. The number of anilines is 2. The van der Waals surface area contributed by atoms with Crippen LogP contribution in [0.1, 0.15) is 51.4 Å². The van der Waals surface area contributed by atoms with E-state index in [4.69, 9.17) is 4.98 Å². The summed E-state index contributed by atoms with van der Waals surface area (Å²) in [6.07, 6.45) is 4.36. The smallest absolute Gasteiger partial charge is 0.276 e. The van der Waals surface area contributed by atoms with E-state index in [-0.39, 0.29) is 16.5 Å². The Bertz CT molecular complexity index is 1520. The molecule has 0 saturated heterocycles. The summed E-state index contributed by atoms with van der Waals surface area (Å²) in [5.74, 6) is 1.36. The van der Waals surface area contributed by atoms with Gasteiger partial charge in [0, 0.05) is 34.6 Å². The van der Waals surface area contributed by atoms with Crippen molar-refractivity contribution in [3.8, 4) is 5.82 Å². The maximum atomic E-state index is 13.3. The molecule has 1 aliphatic rings. The largest absolute Gasteiger partial charge is 0.340 e. The van der Waals surface area contributed by atoms with Crippen molar-refractivity contribution < 1.29 is 0 Å². The first kappa shape index (κ1) is 24.0. The molecule has 1 aromatic carbocycles. The third kappa shape index (κ3) is 4.24. The molecule has 2 N–H and O–H groups in total. The van der Waals surface area contributed by atoms with Crippen LogP contribution < -0.4 is 16.2 Å². The van der Waals surface area contributed by atoms with Crippen LogP contribution in [0.25, 0.3) is 16.7 Å². The summed E-state index contributed by atoms with van der Waals surface area (Å²) in [6, 6.07) is 14.3. The van der Waals surface area contributed by atoms with Crippen LogP contribution in [0.4, 0.5) is 11.5 Å². The number of rotatable bonds is 5. The molecule has 3 aromatic heterocycles. The number of allylic oxidation sites excluding steroid dienone is 1. The Labute approximate surface area is 211 Å². The van der Waals surface area contributed by atoms with Crippen LogP contribution in [-0.2, 0) is 23.9 Å². The van der Waals surface area contributed by atoms with Gasteiger partial charge in [0.15, 0.2) is 5.82 Å². The van der Waals surface area contributed by atoms with Gasteiger partial charge in [0.25, 0.3) is 5.56 Å². The second kappa shape index (κ2) is 8.75. The topological polar surface area (TPSA) is 76.8 Å². The molecule has 4 aromatic rings. The molecular weight excluding hydrogens is 448 g/mol. The molecule has 0 fully saturated rings. The SMILES string of the molecule is C=CCn1c(=O)c2cnc(Nc3ccc4c(c3)CCNC4(C)C)cc2n1-c1cccc(C(C)(C)C)n1. The van der Waals surface area contributed by atoms with E-state index in [1.165, 1.54) is 11.1 Å². The van der Waals surface area contributed by atoms with Gasteiger partial charge in [-0.25, -0.2) is 19.3 Å². The Kier molecular flexibility index (Phi) is 5.83. The Morgan fingerprint density at radius 1 is 1.19 bits per heavy atom. The lowest BCUT2D eigenvalue weighted by Crippen LogP contribution is -2.42. The van der Waals surface area contributed by atoms with Crippen molar-refractivity contribution in [1.29, 1.82) is 0 Å². The first-order chi connectivity index (χ1) is 17.1. The summed E-state index contributed by atoms with van der Waals surface area (Å²) in [7, 11) is 0. The zero-order valence-electron chi connectivity index (χ0n) is 21.7. The molecule has 0 saturated carbocycles. The molecule has 4 heterocycles. The summed E-state index contributed by atoms with van der Waals surface area (Å²) in [6.45, 7) is 16.0. The number of nitrogens with one attached hydrogen (secondary N) is 2. The molecule has 0 atom stereocenters. The van der Waals surface area contributed by atoms with Gasteiger partial charge in [-0.05, 0) is 62.2 Å². The van der Waals surface area contributed by atoms with E-state index in [0.717, 1.165) is 29.9 Å². The van der Waals surface area contributed by atoms with Crippen molar-refractivity contribution in [2.45, 2.75) is 58.5 Å². The Balaban J connectivity index is 1.60. The minimum Gasteiger partial charge on any atom is -0.340 e. The van der Waals surface area contributed by atoms with Gasteiger partial charge in [-0.1, -0.05) is 39.0 Å². The highest BCUT2D eigenvalue weighted by Crippen LogP contribution is 2.31. The van der Waals surface area contributed by atoms with Gasteiger partial charge in [0.2, 0.25) is 0 Å². The van der Waals surface area contributed by atoms with Crippen LogP contribution in [0.5, 0.6) is 0 Å². The van der Waals surface area contributed by atoms with Gasteiger partial charge < -0.3 is 10.6 Å². The third-order valence-corrected chi connectivity index (χ3v) is 6.85. The fourth-order valence-corrected chi connectivity index (χ4v) is 4.95. The van der Waals surface area contributed by atoms with Crippen LogP contribution in [0.3, 0.4) is 0 Å². The normalized spacial score (nSPS) is 15.0. The minimum atomic E-state index is -0.118. The van der Waals surface area contributed by atoms with E-state index in [1.807, 2.05) is 28.9 Å². The van der Waals surface area contributed by atoms with Crippen molar-refractivity contribution in [2.24, 2.45) is 0 Å². The second-order valence-electron chi connectivity index (χ2n) is 11.0. The summed E-state index contributed by atoms with van der Waals surface area (Å²) in [5, 5.41) is 7.57. The van der Waals surface area contributed by atoms with E-state index in [2.05, 4.69) is 75.0 Å². The third-order valence-electron chi connectivity index (χ3n) is 6.85. The van der Waals surface area contributed by atoms with E-state index in [9.17, 15) is 4.79 Å². The number of aromatic nitrogens is 4. The zero-order valence-corrected chi connectivity index (χ0v) is 21.7. The average molecular weight is 483 g/mol. The van der Waals surface area contributed by atoms with Gasteiger partial charge >= 0.3 is 0 Å². The van der Waals surface area contributed by atoms with Crippen LogP contribution in [0.2, 0.25) is 0 Å². The van der Waals surface area contributed by atoms with Gasteiger partial charge in [-0.2, -0.15) is 0 Å². The summed E-state index contributed by atoms with van der Waals surface area (Å²) in [4.78, 5) is 22.8. The minimum absolute atomic E-state index is 0.0397. The van der Waals surface area contributed by atoms with Gasteiger partial charge in [-0.15, -0.1) is 6.58 Å². The first-order valence-electron chi connectivity index (χ1n) is 12.4. The molecule has 0 spiro atoms. The molecule has 0 unspecified atom stereocenters. The van der Waals surface area contributed by atoms with Crippen molar-refractivity contribution in [3.63, 3.8) is 0 Å². The van der Waals surface area contributed by atoms with Crippen molar-refractivity contribution in [1.82, 2.24) is 24.6 Å². The van der Waals surface area contributed by atoms with Gasteiger partial charge in [0.05, 0.1) is 17.4 Å². The molecule has 7 heteroatoms. The number of fused-ring (bicyclic) bond motifs is 2. The average Bonchev–Trinajstić information content (AvgIpc) is 3.09. The molecule has 0 bridgehead atoms. The van der Waals surface area contributed by atoms with Crippen molar-refractivity contribution >= 4 is 22.4 Å². The molecule has 5 rings (SSSR count). The lowest BCUT2D eigenvalue weighted by molar-refractivity contribution is 0.382.